The van der Waals surface area contributed by atoms with Crippen molar-refractivity contribution >= 4 is 0 Å². The van der Waals surface area contributed by atoms with Crippen LogP contribution in [0.15, 0.2) is 43.5 Å². The molecule has 0 spiro atoms. The fourth-order valence-corrected chi connectivity index (χ4v) is 0.902. The van der Waals surface area contributed by atoms with Crippen LogP contribution in [-0.4, -0.2) is 13.2 Å². The third kappa shape index (κ3) is 3.35. The molecule has 2 nitrogen and oxygen atoms in total. The van der Waals surface area contributed by atoms with Crippen LogP contribution in [0.4, 0.5) is 0 Å². The first kappa shape index (κ1) is 10.4. The fourth-order valence-electron chi connectivity index (χ4n) is 0.902. The molecule has 1 rings (SSSR count). The lowest BCUT2D eigenvalue weighted by Gasteiger charge is -2.06. The Morgan fingerprint density at radius 3 is 2.64 bits per heavy atom. The molecule has 0 aliphatic rings. The largest absolute Gasteiger partial charge is 0.489 e. The van der Waals surface area contributed by atoms with Crippen molar-refractivity contribution in [1.82, 2.24) is 0 Å². The van der Waals surface area contributed by atoms with Gasteiger partial charge in [-0.05, 0) is 12.1 Å². The van der Waals surface area contributed by atoms with Gasteiger partial charge in [-0.1, -0.05) is 25.3 Å². The minimum absolute atomic E-state index is 0.474. The van der Waals surface area contributed by atoms with Gasteiger partial charge in [0.2, 0.25) is 0 Å². The Morgan fingerprint density at radius 2 is 1.93 bits per heavy atom. The molecule has 0 unspecified atom stereocenters. The SMILES string of the molecule is C=CCOc1[c]ccc(OCC=C)c1. The molecule has 0 amide bonds. The van der Waals surface area contributed by atoms with Crippen molar-refractivity contribution in [1.29, 1.82) is 0 Å². The van der Waals surface area contributed by atoms with Gasteiger partial charge < -0.3 is 9.47 Å². The van der Waals surface area contributed by atoms with Crippen molar-refractivity contribution in [2.45, 2.75) is 0 Å². The summed E-state index contributed by atoms with van der Waals surface area (Å²) in [5.41, 5.74) is 0. The summed E-state index contributed by atoms with van der Waals surface area (Å²) >= 11 is 0. The van der Waals surface area contributed by atoms with E-state index >= 15 is 0 Å². The number of benzene rings is 1. The molecule has 0 atom stereocenters. The van der Waals surface area contributed by atoms with Crippen LogP contribution in [-0.2, 0) is 0 Å². The molecule has 0 heterocycles. The molecule has 0 saturated carbocycles. The monoisotopic (exact) mass is 189 g/mol. The van der Waals surface area contributed by atoms with E-state index in [-0.39, 0.29) is 0 Å². The van der Waals surface area contributed by atoms with Crippen molar-refractivity contribution in [3.05, 3.63) is 49.6 Å². The molecule has 2 heteroatoms. The normalized spacial score (nSPS) is 9.14. The Bertz CT molecular complexity index is 278. The third-order valence-corrected chi connectivity index (χ3v) is 1.47. The van der Waals surface area contributed by atoms with E-state index in [9.17, 15) is 0 Å². The fraction of sp³-hybridized carbons (Fsp3) is 0.167. The third-order valence-electron chi connectivity index (χ3n) is 1.47. The quantitative estimate of drug-likeness (QED) is 0.640. The van der Waals surface area contributed by atoms with Crippen LogP contribution < -0.4 is 9.47 Å². The van der Waals surface area contributed by atoms with Crippen molar-refractivity contribution in [3.8, 4) is 11.5 Å². The molecule has 0 saturated heterocycles. The van der Waals surface area contributed by atoms with Gasteiger partial charge >= 0.3 is 0 Å². The van der Waals surface area contributed by atoms with E-state index < -0.39 is 0 Å². The van der Waals surface area contributed by atoms with Crippen LogP contribution >= 0.6 is 0 Å². The Hall–Kier alpha value is -1.70. The highest BCUT2D eigenvalue weighted by molar-refractivity contribution is 5.32. The van der Waals surface area contributed by atoms with Gasteiger partial charge in [-0.3, -0.25) is 0 Å². The number of rotatable bonds is 6. The summed E-state index contributed by atoms with van der Waals surface area (Å²) in [6.07, 6.45) is 3.38. The summed E-state index contributed by atoms with van der Waals surface area (Å²) in [6, 6.07) is 8.31. The van der Waals surface area contributed by atoms with Gasteiger partial charge in [0.15, 0.2) is 0 Å². The molecule has 1 aromatic rings. The highest BCUT2D eigenvalue weighted by Crippen LogP contribution is 2.18. The van der Waals surface area contributed by atoms with E-state index in [1.165, 1.54) is 0 Å². The van der Waals surface area contributed by atoms with Crippen LogP contribution in [0.2, 0.25) is 0 Å². The van der Waals surface area contributed by atoms with Gasteiger partial charge in [-0.25, -0.2) is 0 Å². The summed E-state index contributed by atoms with van der Waals surface area (Å²) in [4.78, 5) is 0. The Labute approximate surface area is 84.5 Å². The summed E-state index contributed by atoms with van der Waals surface area (Å²) in [5, 5.41) is 0. The minimum atomic E-state index is 0.474. The molecule has 14 heavy (non-hydrogen) atoms. The molecule has 0 aliphatic carbocycles. The van der Waals surface area contributed by atoms with E-state index in [0.717, 1.165) is 5.75 Å². The Morgan fingerprint density at radius 1 is 1.21 bits per heavy atom. The maximum Gasteiger partial charge on any atom is 0.131 e. The average molecular weight is 189 g/mol. The first-order valence-corrected chi connectivity index (χ1v) is 4.36. The van der Waals surface area contributed by atoms with E-state index in [0.29, 0.717) is 19.0 Å². The molecule has 0 bridgehead atoms. The second-order valence-corrected chi connectivity index (χ2v) is 2.59. The zero-order valence-corrected chi connectivity index (χ0v) is 8.03. The zero-order chi connectivity index (χ0) is 10.2. The molecule has 0 N–H and O–H groups in total. The predicted molar refractivity (Wildman–Crippen MR) is 56.7 cm³/mol. The van der Waals surface area contributed by atoms with Gasteiger partial charge in [0.05, 0.1) is 0 Å². The predicted octanol–water partition coefficient (Wildman–Crippen LogP) is 2.62. The number of hydrogen-bond donors (Lipinski definition) is 0. The molecular formula is C12H13O2. The standard InChI is InChI=1S/C12H13O2/c1-3-8-13-11-6-5-7-12(10-11)14-9-4-2/h3-6,10H,1-2,8-9H2. The molecule has 1 aromatic carbocycles. The average Bonchev–Trinajstić information content (AvgIpc) is 2.24. The lowest BCUT2D eigenvalue weighted by atomic mass is 10.3. The van der Waals surface area contributed by atoms with E-state index in [2.05, 4.69) is 19.2 Å². The van der Waals surface area contributed by atoms with Crippen molar-refractivity contribution < 1.29 is 9.47 Å². The number of ether oxygens (including phenoxy) is 2. The van der Waals surface area contributed by atoms with Gasteiger partial charge in [-0.15, -0.1) is 0 Å². The van der Waals surface area contributed by atoms with Crippen LogP contribution in [0, 0.1) is 6.07 Å². The highest BCUT2D eigenvalue weighted by atomic mass is 16.5. The van der Waals surface area contributed by atoms with Crippen molar-refractivity contribution in [3.63, 3.8) is 0 Å². The Kier molecular flexibility index (Phi) is 4.35. The lowest BCUT2D eigenvalue weighted by molar-refractivity contribution is 0.344. The second kappa shape index (κ2) is 5.86. The van der Waals surface area contributed by atoms with Gasteiger partial charge in [0, 0.05) is 12.1 Å². The molecule has 73 valence electrons. The lowest BCUT2D eigenvalue weighted by Crippen LogP contribution is -1.95. The summed E-state index contributed by atoms with van der Waals surface area (Å²) in [7, 11) is 0. The van der Waals surface area contributed by atoms with E-state index in [1.807, 2.05) is 6.07 Å². The van der Waals surface area contributed by atoms with Crippen molar-refractivity contribution in [2.24, 2.45) is 0 Å². The molecule has 0 aliphatic heterocycles. The Balaban J connectivity index is 2.58. The van der Waals surface area contributed by atoms with E-state index in [4.69, 9.17) is 9.47 Å². The highest BCUT2D eigenvalue weighted by Gasteiger charge is 1.96. The van der Waals surface area contributed by atoms with Crippen molar-refractivity contribution in [2.75, 3.05) is 13.2 Å². The zero-order valence-electron chi connectivity index (χ0n) is 8.03. The molecule has 0 fully saturated rings. The molecule has 1 radical (unpaired) electrons. The summed E-state index contributed by atoms with van der Waals surface area (Å²) in [6.45, 7) is 8.10. The van der Waals surface area contributed by atoms with Gasteiger partial charge in [0.25, 0.3) is 0 Å². The van der Waals surface area contributed by atoms with E-state index in [1.54, 1.807) is 24.3 Å². The smallest absolute Gasteiger partial charge is 0.131 e. The van der Waals surface area contributed by atoms with Crippen LogP contribution in [0.1, 0.15) is 0 Å². The van der Waals surface area contributed by atoms with Gasteiger partial charge in [0.1, 0.15) is 24.7 Å². The molecule has 0 aromatic heterocycles. The van der Waals surface area contributed by atoms with Crippen LogP contribution in [0.3, 0.4) is 0 Å². The van der Waals surface area contributed by atoms with Gasteiger partial charge in [-0.2, -0.15) is 0 Å². The first-order chi connectivity index (χ1) is 6.86. The number of hydrogen-bond acceptors (Lipinski definition) is 2. The topological polar surface area (TPSA) is 18.5 Å². The minimum Gasteiger partial charge on any atom is -0.489 e. The first-order valence-electron chi connectivity index (χ1n) is 4.36. The van der Waals surface area contributed by atoms with Crippen LogP contribution in [0.5, 0.6) is 11.5 Å². The maximum atomic E-state index is 5.33. The summed E-state index contributed by atoms with van der Waals surface area (Å²) < 4.78 is 10.6. The van der Waals surface area contributed by atoms with Crippen LogP contribution in [0.25, 0.3) is 0 Å². The molecular weight excluding hydrogens is 176 g/mol. The maximum absolute atomic E-state index is 5.33. The summed E-state index contributed by atoms with van der Waals surface area (Å²) in [5.74, 6) is 1.41. The second-order valence-electron chi connectivity index (χ2n) is 2.59.